The van der Waals surface area contributed by atoms with Crippen molar-refractivity contribution >= 4 is 22.7 Å². The fourth-order valence-electron chi connectivity index (χ4n) is 3.20. The Balaban J connectivity index is 1.83. The SMILES string of the molecule is Cc1[nH]c2ccccc2c1CC(=O)N1CCCN1C(=O)C(C)C. The highest BCUT2D eigenvalue weighted by molar-refractivity contribution is 5.91. The molecule has 23 heavy (non-hydrogen) atoms. The molecule has 0 radical (unpaired) electrons. The van der Waals surface area contributed by atoms with Crippen molar-refractivity contribution < 1.29 is 9.59 Å². The van der Waals surface area contributed by atoms with Gasteiger partial charge in [0.15, 0.2) is 0 Å². The van der Waals surface area contributed by atoms with Crippen LogP contribution in [-0.4, -0.2) is 39.9 Å². The average Bonchev–Trinajstić information content (AvgIpc) is 3.12. The van der Waals surface area contributed by atoms with Gasteiger partial charge < -0.3 is 4.98 Å². The second-order valence-electron chi connectivity index (χ2n) is 6.44. The largest absolute Gasteiger partial charge is 0.358 e. The molecule has 0 unspecified atom stereocenters. The van der Waals surface area contributed by atoms with E-state index in [1.165, 1.54) is 0 Å². The first kappa shape index (κ1) is 15.6. The van der Waals surface area contributed by atoms with Crippen molar-refractivity contribution in [1.82, 2.24) is 15.0 Å². The molecular formula is C18H23N3O2. The minimum Gasteiger partial charge on any atom is -0.358 e. The number of fused-ring (bicyclic) bond motifs is 1. The molecule has 1 aliphatic rings. The first-order chi connectivity index (χ1) is 11.0. The van der Waals surface area contributed by atoms with Crippen molar-refractivity contribution in [3.8, 4) is 0 Å². The molecular weight excluding hydrogens is 290 g/mol. The molecule has 0 bridgehead atoms. The Morgan fingerprint density at radius 1 is 1.17 bits per heavy atom. The summed E-state index contributed by atoms with van der Waals surface area (Å²) in [6, 6.07) is 8.00. The molecule has 1 aromatic carbocycles. The minimum absolute atomic E-state index is 0.00986. The number of amides is 2. The van der Waals surface area contributed by atoms with Gasteiger partial charge in [-0.3, -0.25) is 19.6 Å². The fourth-order valence-corrected chi connectivity index (χ4v) is 3.20. The van der Waals surface area contributed by atoms with Crippen molar-refractivity contribution in [2.75, 3.05) is 13.1 Å². The second kappa shape index (κ2) is 6.07. The maximum Gasteiger partial charge on any atom is 0.245 e. The molecule has 0 spiro atoms. The van der Waals surface area contributed by atoms with Crippen LogP contribution < -0.4 is 0 Å². The number of rotatable bonds is 3. The van der Waals surface area contributed by atoms with Gasteiger partial charge in [-0.2, -0.15) is 0 Å². The molecule has 5 heteroatoms. The standard InChI is InChI=1S/C18H23N3O2/c1-12(2)18(23)21-10-6-9-20(21)17(22)11-15-13(3)19-16-8-5-4-7-14(15)16/h4-5,7-8,12,19H,6,9-11H2,1-3H3. The van der Waals surface area contributed by atoms with Crippen molar-refractivity contribution in [3.05, 3.63) is 35.5 Å². The summed E-state index contributed by atoms with van der Waals surface area (Å²) in [5, 5.41) is 4.33. The first-order valence-electron chi connectivity index (χ1n) is 8.17. The molecule has 2 heterocycles. The summed E-state index contributed by atoms with van der Waals surface area (Å²) in [6.07, 6.45) is 1.16. The Labute approximate surface area is 136 Å². The molecule has 0 saturated carbocycles. The number of hydrogen-bond donors (Lipinski definition) is 1. The van der Waals surface area contributed by atoms with Gasteiger partial charge in [-0.15, -0.1) is 0 Å². The molecule has 1 saturated heterocycles. The summed E-state index contributed by atoms with van der Waals surface area (Å²) in [6.45, 7) is 6.98. The van der Waals surface area contributed by atoms with E-state index in [0.717, 1.165) is 28.6 Å². The number of nitrogens with one attached hydrogen (secondary N) is 1. The molecule has 5 nitrogen and oxygen atoms in total. The van der Waals surface area contributed by atoms with Crippen molar-refractivity contribution in [2.45, 2.75) is 33.6 Å². The normalized spacial score (nSPS) is 15.0. The Hall–Kier alpha value is -2.30. The van der Waals surface area contributed by atoms with E-state index in [0.29, 0.717) is 19.5 Å². The summed E-state index contributed by atoms with van der Waals surface area (Å²) in [7, 11) is 0. The summed E-state index contributed by atoms with van der Waals surface area (Å²) < 4.78 is 0. The number of carbonyl (C=O) groups is 2. The number of carbonyl (C=O) groups excluding carboxylic acids is 2. The third-order valence-corrected chi connectivity index (χ3v) is 4.42. The number of aromatic nitrogens is 1. The lowest BCUT2D eigenvalue weighted by Gasteiger charge is -2.29. The molecule has 0 atom stereocenters. The van der Waals surface area contributed by atoms with Crippen LogP contribution in [0.3, 0.4) is 0 Å². The lowest BCUT2D eigenvalue weighted by molar-refractivity contribution is -0.159. The zero-order valence-electron chi connectivity index (χ0n) is 13.9. The van der Waals surface area contributed by atoms with Crippen LogP contribution in [0.1, 0.15) is 31.5 Å². The van der Waals surface area contributed by atoms with Gasteiger partial charge in [0, 0.05) is 35.6 Å². The lowest BCUT2D eigenvalue weighted by Crippen LogP contribution is -2.47. The van der Waals surface area contributed by atoms with E-state index in [-0.39, 0.29) is 17.7 Å². The highest BCUT2D eigenvalue weighted by Gasteiger charge is 2.32. The molecule has 2 amide bonds. The van der Waals surface area contributed by atoms with E-state index in [9.17, 15) is 9.59 Å². The molecule has 0 aliphatic carbocycles. The number of H-pyrrole nitrogens is 1. The number of aromatic amines is 1. The molecule has 1 N–H and O–H groups in total. The molecule has 1 aliphatic heterocycles. The van der Waals surface area contributed by atoms with Crippen LogP contribution in [0.5, 0.6) is 0 Å². The number of aryl methyl sites for hydroxylation is 1. The van der Waals surface area contributed by atoms with E-state index in [1.54, 1.807) is 10.0 Å². The summed E-state index contributed by atoms with van der Waals surface area (Å²) in [4.78, 5) is 28.4. The zero-order chi connectivity index (χ0) is 16.6. The van der Waals surface area contributed by atoms with Crippen molar-refractivity contribution in [2.24, 2.45) is 5.92 Å². The van der Waals surface area contributed by atoms with Gasteiger partial charge in [-0.1, -0.05) is 32.0 Å². The Morgan fingerprint density at radius 3 is 2.61 bits per heavy atom. The number of nitrogens with zero attached hydrogens (tertiary/aromatic N) is 2. The summed E-state index contributed by atoms with van der Waals surface area (Å²) in [5.41, 5.74) is 3.08. The van der Waals surface area contributed by atoms with Gasteiger partial charge in [0.2, 0.25) is 11.8 Å². The first-order valence-corrected chi connectivity index (χ1v) is 8.17. The average molecular weight is 313 g/mol. The van der Waals surface area contributed by atoms with Gasteiger partial charge in [0.25, 0.3) is 0 Å². The van der Waals surface area contributed by atoms with Gasteiger partial charge in [-0.05, 0) is 25.0 Å². The summed E-state index contributed by atoms with van der Waals surface area (Å²) >= 11 is 0. The highest BCUT2D eigenvalue weighted by atomic mass is 16.2. The van der Waals surface area contributed by atoms with Crippen LogP contribution in [0.25, 0.3) is 10.9 Å². The monoisotopic (exact) mass is 313 g/mol. The van der Waals surface area contributed by atoms with Crippen molar-refractivity contribution in [1.29, 1.82) is 0 Å². The van der Waals surface area contributed by atoms with Crippen LogP contribution in [0.4, 0.5) is 0 Å². The highest BCUT2D eigenvalue weighted by Crippen LogP contribution is 2.24. The molecule has 1 fully saturated rings. The molecule has 2 aromatic rings. The Bertz CT molecular complexity index is 748. The number of benzene rings is 1. The molecule has 3 rings (SSSR count). The van der Waals surface area contributed by atoms with Crippen LogP contribution in [-0.2, 0) is 16.0 Å². The predicted molar refractivity (Wildman–Crippen MR) is 89.6 cm³/mol. The van der Waals surface area contributed by atoms with E-state index < -0.39 is 0 Å². The van der Waals surface area contributed by atoms with Crippen molar-refractivity contribution in [3.63, 3.8) is 0 Å². The topological polar surface area (TPSA) is 56.4 Å². The minimum atomic E-state index is -0.0989. The number of hydrazine groups is 1. The van der Waals surface area contributed by atoms with Crippen LogP contribution in [0.2, 0.25) is 0 Å². The quantitative estimate of drug-likeness (QED) is 0.947. The van der Waals surface area contributed by atoms with E-state index in [1.807, 2.05) is 45.0 Å². The maximum absolute atomic E-state index is 12.8. The fraction of sp³-hybridized carbons (Fsp3) is 0.444. The van der Waals surface area contributed by atoms with Crippen LogP contribution >= 0.6 is 0 Å². The molecule has 122 valence electrons. The Morgan fingerprint density at radius 2 is 1.87 bits per heavy atom. The third kappa shape index (κ3) is 2.83. The van der Waals surface area contributed by atoms with Gasteiger partial charge >= 0.3 is 0 Å². The number of hydrogen-bond acceptors (Lipinski definition) is 2. The van der Waals surface area contributed by atoms with Gasteiger partial charge in [0.05, 0.1) is 6.42 Å². The van der Waals surface area contributed by atoms with E-state index in [2.05, 4.69) is 4.98 Å². The second-order valence-corrected chi connectivity index (χ2v) is 6.44. The van der Waals surface area contributed by atoms with Crippen LogP contribution in [0, 0.1) is 12.8 Å². The third-order valence-electron chi connectivity index (χ3n) is 4.42. The smallest absolute Gasteiger partial charge is 0.245 e. The Kier molecular flexibility index (Phi) is 4.11. The van der Waals surface area contributed by atoms with Crippen LogP contribution in [0.15, 0.2) is 24.3 Å². The van der Waals surface area contributed by atoms with E-state index in [4.69, 9.17) is 0 Å². The zero-order valence-corrected chi connectivity index (χ0v) is 13.9. The van der Waals surface area contributed by atoms with E-state index >= 15 is 0 Å². The maximum atomic E-state index is 12.8. The lowest BCUT2D eigenvalue weighted by atomic mass is 10.1. The predicted octanol–water partition coefficient (Wildman–Crippen LogP) is 2.65. The summed E-state index contributed by atoms with van der Waals surface area (Å²) in [5.74, 6) is -0.0888. The van der Waals surface area contributed by atoms with Gasteiger partial charge in [0.1, 0.15) is 0 Å². The van der Waals surface area contributed by atoms with Gasteiger partial charge in [-0.25, -0.2) is 0 Å². The molecule has 1 aromatic heterocycles. The number of para-hydroxylation sites is 1.